The first kappa shape index (κ1) is 17.2. The fraction of sp³-hybridized carbons (Fsp3) is 0.385. The van der Waals surface area contributed by atoms with Gasteiger partial charge in [-0.15, -0.1) is 12.4 Å². The van der Waals surface area contributed by atoms with Gasteiger partial charge < -0.3 is 16.4 Å². The van der Waals surface area contributed by atoms with Crippen LogP contribution in [0.3, 0.4) is 0 Å². The van der Waals surface area contributed by atoms with Crippen molar-refractivity contribution in [3.8, 4) is 0 Å². The molecule has 1 aromatic carbocycles. The topological polar surface area (TPSA) is 84.2 Å². The number of hydrogen-bond donors (Lipinski definition) is 3. The lowest BCUT2D eigenvalue weighted by Gasteiger charge is -2.22. The highest BCUT2D eigenvalue weighted by Gasteiger charge is 2.27. The monoisotopic (exact) mass is 285 g/mol. The maximum Gasteiger partial charge on any atom is 0.251 e. The van der Waals surface area contributed by atoms with Gasteiger partial charge in [-0.25, -0.2) is 0 Å². The molecule has 0 aliphatic heterocycles. The number of nitrogens with two attached hydrogens (primary N) is 1. The minimum absolute atomic E-state index is 0. The van der Waals surface area contributed by atoms with E-state index in [4.69, 9.17) is 5.73 Å². The first-order valence-electron chi connectivity index (χ1n) is 5.73. The van der Waals surface area contributed by atoms with Crippen molar-refractivity contribution in [1.29, 1.82) is 0 Å². The third-order valence-electron chi connectivity index (χ3n) is 2.71. The number of halogens is 1. The van der Waals surface area contributed by atoms with Crippen molar-refractivity contribution in [3.63, 3.8) is 0 Å². The van der Waals surface area contributed by atoms with E-state index in [9.17, 15) is 9.59 Å². The normalized spacial score (nSPS) is 10.3. The van der Waals surface area contributed by atoms with Crippen LogP contribution in [-0.2, 0) is 4.79 Å². The number of nitrogens with one attached hydrogen (secondary N) is 2. The molecule has 0 aliphatic rings. The van der Waals surface area contributed by atoms with Crippen molar-refractivity contribution in [2.75, 3.05) is 19.3 Å². The van der Waals surface area contributed by atoms with Crippen LogP contribution in [0.4, 0.5) is 5.69 Å². The van der Waals surface area contributed by atoms with Gasteiger partial charge in [-0.05, 0) is 38.1 Å². The lowest BCUT2D eigenvalue weighted by Crippen LogP contribution is -2.43. The standard InChI is InChI=1S/C13H19N3O2.ClH/c1-13(2,12(18)15-3)8-16-11(17)9-4-6-10(14)7-5-9;/h4-7H,8,14H2,1-3H3,(H,15,18)(H,16,17);1H. The van der Waals surface area contributed by atoms with Crippen LogP contribution in [-0.4, -0.2) is 25.4 Å². The molecule has 0 bridgehead atoms. The number of nitrogen functional groups attached to an aromatic ring is 1. The molecule has 0 saturated carbocycles. The van der Waals surface area contributed by atoms with Crippen molar-refractivity contribution in [3.05, 3.63) is 29.8 Å². The Morgan fingerprint density at radius 2 is 1.74 bits per heavy atom. The Bertz CT molecular complexity index is 444. The summed E-state index contributed by atoms with van der Waals surface area (Å²) >= 11 is 0. The number of carbonyl (C=O) groups excluding carboxylic acids is 2. The molecule has 6 heteroatoms. The minimum Gasteiger partial charge on any atom is -0.399 e. The highest BCUT2D eigenvalue weighted by molar-refractivity contribution is 5.95. The van der Waals surface area contributed by atoms with Gasteiger partial charge in [0.1, 0.15) is 0 Å². The van der Waals surface area contributed by atoms with E-state index < -0.39 is 5.41 Å². The van der Waals surface area contributed by atoms with E-state index in [2.05, 4.69) is 10.6 Å². The summed E-state index contributed by atoms with van der Waals surface area (Å²) < 4.78 is 0. The van der Waals surface area contributed by atoms with Gasteiger partial charge in [0, 0.05) is 24.8 Å². The van der Waals surface area contributed by atoms with Gasteiger partial charge in [0.15, 0.2) is 0 Å². The predicted octanol–water partition coefficient (Wildman–Crippen LogP) is 1.19. The number of hydrogen-bond acceptors (Lipinski definition) is 3. The Hall–Kier alpha value is -1.75. The largest absolute Gasteiger partial charge is 0.399 e. The lowest BCUT2D eigenvalue weighted by molar-refractivity contribution is -0.128. The summed E-state index contributed by atoms with van der Waals surface area (Å²) in [6.45, 7) is 3.82. The first-order chi connectivity index (χ1) is 8.36. The minimum atomic E-state index is -0.641. The number of benzene rings is 1. The van der Waals surface area contributed by atoms with Gasteiger partial charge in [-0.2, -0.15) is 0 Å². The molecule has 0 spiro atoms. The Morgan fingerprint density at radius 1 is 1.21 bits per heavy atom. The molecule has 0 fully saturated rings. The smallest absolute Gasteiger partial charge is 0.251 e. The third kappa shape index (κ3) is 4.79. The first-order valence-corrected chi connectivity index (χ1v) is 5.73. The van der Waals surface area contributed by atoms with Crippen LogP contribution in [0.2, 0.25) is 0 Å². The Balaban J connectivity index is 0.00000324. The van der Waals surface area contributed by atoms with E-state index in [1.165, 1.54) is 0 Å². The summed E-state index contributed by atoms with van der Waals surface area (Å²) in [4.78, 5) is 23.4. The molecule has 5 nitrogen and oxygen atoms in total. The maximum atomic E-state index is 11.8. The summed E-state index contributed by atoms with van der Waals surface area (Å²) in [5, 5.41) is 5.30. The van der Waals surface area contributed by atoms with Crippen LogP contribution in [0.5, 0.6) is 0 Å². The molecule has 1 aromatic rings. The second-order valence-corrected chi connectivity index (χ2v) is 4.77. The summed E-state index contributed by atoms with van der Waals surface area (Å²) in [7, 11) is 1.58. The van der Waals surface area contributed by atoms with Gasteiger partial charge in [0.25, 0.3) is 5.91 Å². The third-order valence-corrected chi connectivity index (χ3v) is 2.71. The highest BCUT2D eigenvalue weighted by Crippen LogP contribution is 2.13. The van der Waals surface area contributed by atoms with Gasteiger partial charge in [0.2, 0.25) is 5.91 Å². The molecular weight excluding hydrogens is 266 g/mol. The van der Waals surface area contributed by atoms with E-state index in [1.54, 1.807) is 45.2 Å². The van der Waals surface area contributed by atoms with Crippen LogP contribution in [0, 0.1) is 5.41 Å². The zero-order chi connectivity index (χ0) is 13.8. The molecule has 0 heterocycles. The van der Waals surface area contributed by atoms with Crippen molar-refractivity contribution < 1.29 is 9.59 Å². The van der Waals surface area contributed by atoms with Crippen LogP contribution in [0.1, 0.15) is 24.2 Å². The van der Waals surface area contributed by atoms with Crippen molar-refractivity contribution in [2.24, 2.45) is 5.41 Å². The molecule has 0 aliphatic carbocycles. The second kappa shape index (κ2) is 6.99. The van der Waals surface area contributed by atoms with Crippen molar-refractivity contribution >= 4 is 29.9 Å². The molecule has 0 aromatic heterocycles. The van der Waals surface area contributed by atoms with Gasteiger partial charge in [0.05, 0.1) is 5.41 Å². The van der Waals surface area contributed by atoms with E-state index in [0.29, 0.717) is 11.3 Å². The molecule has 0 radical (unpaired) electrons. The zero-order valence-corrected chi connectivity index (χ0v) is 12.1. The average molecular weight is 286 g/mol. The number of carbonyl (C=O) groups is 2. The molecule has 0 saturated heterocycles. The summed E-state index contributed by atoms with van der Waals surface area (Å²) in [6.07, 6.45) is 0. The molecule has 0 atom stereocenters. The zero-order valence-electron chi connectivity index (χ0n) is 11.3. The summed E-state index contributed by atoms with van der Waals surface area (Å²) in [6, 6.07) is 6.63. The summed E-state index contributed by atoms with van der Waals surface area (Å²) in [5.74, 6) is -0.327. The second-order valence-electron chi connectivity index (χ2n) is 4.77. The van der Waals surface area contributed by atoms with E-state index >= 15 is 0 Å². The Kier molecular flexibility index (Phi) is 6.35. The van der Waals surface area contributed by atoms with Crippen LogP contribution in [0.15, 0.2) is 24.3 Å². The maximum absolute atomic E-state index is 11.8. The molecule has 0 unspecified atom stereocenters. The Labute approximate surface area is 119 Å². The predicted molar refractivity (Wildman–Crippen MR) is 78.3 cm³/mol. The van der Waals surface area contributed by atoms with E-state index in [-0.39, 0.29) is 30.8 Å². The van der Waals surface area contributed by atoms with Gasteiger partial charge in [-0.3, -0.25) is 9.59 Å². The molecule has 1 rings (SSSR count). The van der Waals surface area contributed by atoms with Crippen LogP contribution < -0.4 is 16.4 Å². The number of amides is 2. The van der Waals surface area contributed by atoms with Crippen LogP contribution >= 0.6 is 12.4 Å². The fourth-order valence-corrected chi connectivity index (χ4v) is 1.46. The van der Waals surface area contributed by atoms with Crippen LogP contribution in [0.25, 0.3) is 0 Å². The average Bonchev–Trinajstić information content (AvgIpc) is 2.35. The lowest BCUT2D eigenvalue weighted by atomic mass is 9.92. The molecule has 2 amide bonds. The number of rotatable bonds is 4. The van der Waals surface area contributed by atoms with E-state index in [1.807, 2.05) is 0 Å². The molecule has 19 heavy (non-hydrogen) atoms. The highest BCUT2D eigenvalue weighted by atomic mass is 35.5. The van der Waals surface area contributed by atoms with Gasteiger partial charge >= 0.3 is 0 Å². The van der Waals surface area contributed by atoms with Crippen molar-refractivity contribution in [2.45, 2.75) is 13.8 Å². The summed E-state index contributed by atoms with van der Waals surface area (Å²) in [5.41, 5.74) is 6.04. The fourth-order valence-electron chi connectivity index (χ4n) is 1.46. The molecular formula is C13H20ClN3O2. The quantitative estimate of drug-likeness (QED) is 0.727. The molecule has 106 valence electrons. The van der Waals surface area contributed by atoms with E-state index in [0.717, 1.165) is 0 Å². The molecule has 4 N–H and O–H groups in total. The number of anilines is 1. The van der Waals surface area contributed by atoms with Crippen molar-refractivity contribution in [1.82, 2.24) is 10.6 Å². The van der Waals surface area contributed by atoms with Gasteiger partial charge in [-0.1, -0.05) is 0 Å². The SMILES string of the molecule is CNC(=O)C(C)(C)CNC(=O)c1ccc(N)cc1.Cl. The Morgan fingerprint density at radius 3 is 2.21 bits per heavy atom.